The zero-order valence-corrected chi connectivity index (χ0v) is 18.0. The molecule has 32 heavy (non-hydrogen) atoms. The van der Waals surface area contributed by atoms with Crippen LogP contribution in [-0.2, 0) is 0 Å². The summed E-state index contributed by atoms with van der Waals surface area (Å²) in [4.78, 5) is 12.8. The number of aliphatic imine (C=N–C) groups is 2. The highest BCUT2D eigenvalue weighted by Crippen LogP contribution is 2.38. The number of fused-ring (bicyclic) bond motifs is 1. The quantitative estimate of drug-likeness (QED) is 0.346. The summed E-state index contributed by atoms with van der Waals surface area (Å²) in [7, 11) is 2.95. The fourth-order valence-corrected chi connectivity index (χ4v) is 4.07. The number of methoxy groups -OCH3 is 2. The van der Waals surface area contributed by atoms with Crippen LogP contribution < -0.4 is 9.47 Å². The van der Waals surface area contributed by atoms with E-state index in [1.165, 1.54) is 21.1 Å². The Hall–Kier alpha value is -3.34. The van der Waals surface area contributed by atoms with E-state index in [1.807, 2.05) is 0 Å². The molecule has 0 spiro atoms. The Kier molecular flexibility index (Phi) is 5.92. The second-order valence-electron chi connectivity index (χ2n) is 6.71. The highest BCUT2D eigenvalue weighted by Gasteiger charge is 2.48. The van der Waals surface area contributed by atoms with Gasteiger partial charge in [-0.3, -0.25) is 4.99 Å². The largest absolute Gasteiger partial charge is 0.493 e. The van der Waals surface area contributed by atoms with Gasteiger partial charge in [-0.15, -0.1) is 0 Å². The topological polar surface area (TPSA) is 81.6 Å². The SMILES string of the molecule is COc1ccc(N=C(C)C2C(=Nc3nc4ccccc4o3)SN=C2C(F)(F)F)cc1OC. The zero-order chi connectivity index (χ0) is 22.9. The van der Waals surface area contributed by atoms with E-state index < -0.39 is 17.8 Å². The molecule has 0 amide bonds. The average molecular weight is 462 g/mol. The molecule has 2 heterocycles. The Morgan fingerprint density at radius 3 is 2.53 bits per heavy atom. The summed E-state index contributed by atoms with van der Waals surface area (Å²) in [6.07, 6.45) is -4.65. The monoisotopic (exact) mass is 462 g/mol. The van der Waals surface area contributed by atoms with Gasteiger partial charge in [-0.2, -0.15) is 23.1 Å². The molecule has 7 nitrogen and oxygen atoms in total. The van der Waals surface area contributed by atoms with E-state index in [2.05, 4.69) is 19.4 Å². The van der Waals surface area contributed by atoms with Crippen molar-refractivity contribution in [3.05, 3.63) is 42.5 Å². The van der Waals surface area contributed by atoms with Crippen LogP contribution in [0.2, 0.25) is 0 Å². The standard InChI is InChI=1S/C21H17F3N4O3S/c1-11(25-12-8-9-15(29-2)16(10-12)30-3)17-18(21(22,23)24)28-32-19(17)27-20-26-13-6-4-5-7-14(13)31-20/h4-10,17H,1-3H3. The van der Waals surface area contributed by atoms with Gasteiger partial charge in [0.15, 0.2) is 17.1 Å². The number of oxazole rings is 1. The Labute approximate surface area is 185 Å². The molecule has 1 aliphatic rings. The normalized spacial score (nSPS) is 18.3. The number of hydrogen-bond acceptors (Lipinski definition) is 8. The minimum absolute atomic E-state index is 0.0451. The number of benzene rings is 2. The Balaban J connectivity index is 1.74. The predicted octanol–water partition coefficient (Wildman–Crippen LogP) is 5.95. The smallest absolute Gasteiger partial charge is 0.431 e. The van der Waals surface area contributed by atoms with Crippen molar-refractivity contribution >= 4 is 51.2 Å². The molecule has 1 aromatic heterocycles. The molecule has 11 heteroatoms. The lowest BCUT2D eigenvalue weighted by Crippen LogP contribution is -2.35. The molecular weight excluding hydrogens is 445 g/mol. The van der Waals surface area contributed by atoms with E-state index in [0.717, 1.165) is 0 Å². The van der Waals surface area contributed by atoms with Gasteiger partial charge in [0, 0.05) is 23.7 Å². The van der Waals surface area contributed by atoms with Crippen LogP contribution in [0.1, 0.15) is 6.92 Å². The molecule has 3 aromatic rings. The highest BCUT2D eigenvalue weighted by atomic mass is 32.2. The van der Waals surface area contributed by atoms with Gasteiger partial charge in [0.25, 0.3) is 0 Å². The summed E-state index contributed by atoms with van der Waals surface area (Å²) in [6.45, 7) is 1.50. The summed E-state index contributed by atoms with van der Waals surface area (Å²) in [6, 6.07) is 11.7. The van der Waals surface area contributed by atoms with Crippen molar-refractivity contribution in [1.82, 2.24) is 4.98 Å². The molecule has 0 saturated heterocycles. The summed E-state index contributed by atoms with van der Waals surface area (Å²) in [5.74, 6) is -0.396. The van der Waals surface area contributed by atoms with Gasteiger partial charge in [0.1, 0.15) is 16.3 Å². The molecule has 1 aliphatic heterocycles. The summed E-state index contributed by atoms with van der Waals surface area (Å²) < 4.78 is 60.6. The maximum atomic E-state index is 13.7. The first-order valence-corrected chi connectivity index (χ1v) is 10.1. The fraction of sp³-hybridized carbons (Fsp3) is 0.238. The van der Waals surface area contributed by atoms with E-state index >= 15 is 0 Å². The van der Waals surface area contributed by atoms with Gasteiger partial charge < -0.3 is 13.9 Å². The fourth-order valence-electron chi connectivity index (χ4n) is 3.16. The first-order valence-electron chi connectivity index (χ1n) is 9.33. The van der Waals surface area contributed by atoms with Crippen LogP contribution in [0.25, 0.3) is 11.1 Å². The number of hydrogen-bond donors (Lipinski definition) is 0. The van der Waals surface area contributed by atoms with Crippen LogP contribution in [-0.4, -0.2) is 41.8 Å². The number of rotatable bonds is 5. The number of nitrogens with zero attached hydrogens (tertiary/aromatic N) is 4. The minimum Gasteiger partial charge on any atom is -0.493 e. The van der Waals surface area contributed by atoms with Gasteiger partial charge >= 0.3 is 12.2 Å². The third-order valence-electron chi connectivity index (χ3n) is 4.63. The third-order valence-corrected chi connectivity index (χ3v) is 5.43. The molecule has 0 N–H and O–H groups in total. The highest BCUT2D eigenvalue weighted by molar-refractivity contribution is 8.13. The molecule has 0 bridgehead atoms. The number of aromatic nitrogens is 1. The molecule has 0 saturated carbocycles. The molecular formula is C21H17F3N4O3S. The number of para-hydroxylation sites is 2. The molecule has 1 unspecified atom stereocenters. The second-order valence-corrected chi connectivity index (χ2v) is 7.49. The van der Waals surface area contributed by atoms with Crippen molar-refractivity contribution < 1.29 is 27.1 Å². The number of ether oxygens (including phenoxy) is 2. The third kappa shape index (κ3) is 4.33. The van der Waals surface area contributed by atoms with E-state index in [1.54, 1.807) is 42.5 Å². The zero-order valence-electron chi connectivity index (χ0n) is 17.2. The molecule has 166 valence electrons. The lowest BCUT2D eigenvalue weighted by Gasteiger charge is -2.15. The van der Waals surface area contributed by atoms with Crippen LogP contribution in [0, 0.1) is 5.92 Å². The number of halogens is 3. The van der Waals surface area contributed by atoms with Gasteiger partial charge in [-0.25, -0.2) is 4.40 Å². The average Bonchev–Trinajstić information content (AvgIpc) is 3.37. The molecule has 0 aliphatic carbocycles. The van der Waals surface area contributed by atoms with Crippen molar-refractivity contribution in [3.8, 4) is 11.5 Å². The van der Waals surface area contributed by atoms with Crippen LogP contribution in [0.5, 0.6) is 11.5 Å². The Morgan fingerprint density at radius 2 is 1.84 bits per heavy atom. The summed E-state index contributed by atoms with van der Waals surface area (Å²) in [5, 5.41) is 0.0746. The van der Waals surface area contributed by atoms with Gasteiger partial charge in [0.2, 0.25) is 0 Å². The number of alkyl halides is 3. The Morgan fingerprint density at radius 1 is 1.09 bits per heavy atom. The van der Waals surface area contributed by atoms with E-state index in [9.17, 15) is 13.2 Å². The lowest BCUT2D eigenvalue weighted by atomic mass is 9.98. The summed E-state index contributed by atoms with van der Waals surface area (Å²) >= 11 is 0.635. The molecule has 4 rings (SSSR count). The molecule has 0 radical (unpaired) electrons. The van der Waals surface area contributed by atoms with Crippen molar-refractivity contribution in [2.45, 2.75) is 13.1 Å². The van der Waals surface area contributed by atoms with E-state index in [-0.39, 0.29) is 16.8 Å². The van der Waals surface area contributed by atoms with Crippen molar-refractivity contribution in [1.29, 1.82) is 0 Å². The van der Waals surface area contributed by atoms with Crippen LogP contribution in [0.15, 0.2) is 61.3 Å². The van der Waals surface area contributed by atoms with Crippen LogP contribution in [0.4, 0.5) is 24.9 Å². The van der Waals surface area contributed by atoms with Gasteiger partial charge in [0.05, 0.1) is 25.8 Å². The predicted molar refractivity (Wildman–Crippen MR) is 118 cm³/mol. The first-order chi connectivity index (χ1) is 15.3. The summed E-state index contributed by atoms with van der Waals surface area (Å²) in [5.41, 5.74) is 0.616. The Bertz CT molecular complexity index is 1220. The van der Waals surface area contributed by atoms with Crippen molar-refractivity contribution in [3.63, 3.8) is 0 Å². The minimum atomic E-state index is -4.65. The second kappa shape index (κ2) is 8.65. The lowest BCUT2D eigenvalue weighted by molar-refractivity contribution is -0.0603. The van der Waals surface area contributed by atoms with E-state index in [4.69, 9.17) is 13.9 Å². The van der Waals surface area contributed by atoms with Gasteiger partial charge in [-0.1, -0.05) is 12.1 Å². The maximum Gasteiger partial charge on any atom is 0.431 e. The van der Waals surface area contributed by atoms with E-state index in [0.29, 0.717) is 40.2 Å². The first kappa shape index (κ1) is 21.9. The van der Waals surface area contributed by atoms with Crippen molar-refractivity contribution in [2.24, 2.45) is 20.3 Å². The molecule has 0 fully saturated rings. The van der Waals surface area contributed by atoms with Gasteiger partial charge in [-0.05, 0) is 31.2 Å². The molecule has 2 aromatic carbocycles. The van der Waals surface area contributed by atoms with Crippen LogP contribution in [0.3, 0.4) is 0 Å². The maximum absolute atomic E-state index is 13.7. The van der Waals surface area contributed by atoms with Crippen molar-refractivity contribution in [2.75, 3.05) is 14.2 Å². The van der Waals surface area contributed by atoms with Crippen LogP contribution >= 0.6 is 11.9 Å². The molecule has 1 atom stereocenters.